The van der Waals surface area contributed by atoms with E-state index in [1.165, 1.54) is 5.39 Å². The van der Waals surface area contributed by atoms with Gasteiger partial charge in [-0.1, -0.05) is 6.07 Å². The van der Waals surface area contributed by atoms with E-state index >= 15 is 0 Å². The van der Waals surface area contributed by atoms with Crippen LogP contribution in [0.4, 0.5) is 0 Å². The molecule has 100 valence electrons. The fourth-order valence-electron chi connectivity index (χ4n) is 2.59. The SMILES string of the molecule is CN1CCN(C(=O)c2ccc3ccn(C)c3c2)CC1. The third kappa shape index (κ3) is 2.24. The molecule has 0 radical (unpaired) electrons. The van der Waals surface area contributed by atoms with Crippen LogP contribution in [-0.4, -0.2) is 53.5 Å². The Bertz CT molecular complexity index is 609. The molecule has 3 rings (SSSR count). The number of benzene rings is 1. The zero-order valence-electron chi connectivity index (χ0n) is 11.5. The number of rotatable bonds is 1. The topological polar surface area (TPSA) is 28.5 Å². The Morgan fingerprint density at radius 2 is 1.79 bits per heavy atom. The fraction of sp³-hybridized carbons (Fsp3) is 0.400. The van der Waals surface area contributed by atoms with Gasteiger partial charge in [0.15, 0.2) is 0 Å². The highest BCUT2D eigenvalue weighted by Gasteiger charge is 2.20. The number of carbonyl (C=O) groups excluding carboxylic acids is 1. The molecule has 0 spiro atoms. The molecule has 0 atom stereocenters. The number of hydrogen-bond acceptors (Lipinski definition) is 2. The molecule has 0 N–H and O–H groups in total. The smallest absolute Gasteiger partial charge is 0.254 e. The molecule has 0 bridgehead atoms. The van der Waals surface area contributed by atoms with Gasteiger partial charge >= 0.3 is 0 Å². The summed E-state index contributed by atoms with van der Waals surface area (Å²) in [5.41, 5.74) is 1.90. The van der Waals surface area contributed by atoms with Gasteiger partial charge in [0.2, 0.25) is 0 Å². The molecule has 2 aromatic rings. The summed E-state index contributed by atoms with van der Waals surface area (Å²) in [6.45, 7) is 3.55. The predicted molar refractivity (Wildman–Crippen MR) is 76.3 cm³/mol. The Morgan fingerprint density at radius 3 is 2.53 bits per heavy atom. The molecular formula is C15H19N3O. The number of fused-ring (bicyclic) bond motifs is 1. The summed E-state index contributed by atoms with van der Waals surface area (Å²) in [5, 5.41) is 1.18. The van der Waals surface area contributed by atoms with Gasteiger partial charge in [-0.2, -0.15) is 0 Å². The van der Waals surface area contributed by atoms with Crippen molar-refractivity contribution in [1.29, 1.82) is 0 Å². The van der Waals surface area contributed by atoms with Gasteiger partial charge in [0.25, 0.3) is 5.91 Å². The molecule has 0 aliphatic carbocycles. The summed E-state index contributed by atoms with van der Waals surface area (Å²) < 4.78 is 2.05. The average Bonchev–Trinajstić information content (AvgIpc) is 2.80. The molecule has 4 nitrogen and oxygen atoms in total. The first-order valence-electron chi connectivity index (χ1n) is 6.68. The Kier molecular flexibility index (Phi) is 3.03. The van der Waals surface area contributed by atoms with Crippen molar-refractivity contribution in [3.8, 4) is 0 Å². The first-order valence-corrected chi connectivity index (χ1v) is 6.68. The second-order valence-corrected chi connectivity index (χ2v) is 5.30. The highest BCUT2D eigenvalue weighted by molar-refractivity contribution is 5.98. The van der Waals surface area contributed by atoms with Crippen molar-refractivity contribution in [2.45, 2.75) is 0 Å². The van der Waals surface area contributed by atoms with Crippen molar-refractivity contribution in [3.05, 3.63) is 36.0 Å². The number of aromatic nitrogens is 1. The molecule has 0 saturated carbocycles. The van der Waals surface area contributed by atoms with Crippen molar-refractivity contribution >= 4 is 16.8 Å². The number of amides is 1. The zero-order valence-corrected chi connectivity index (χ0v) is 11.5. The second-order valence-electron chi connectivity index (χ2n) is 5.30. The third-order valence-corrected chi connectivity index (χ3v) is 3.93. The lowest BCUT2D eigenvalue weighted by Crippen LogP contribution is -2.47. The monoisotopic (exact) mass is 257 g/mol. The summed E-state index contributed by atoms with van der Waals surface area (Å²) in [6, 6.07) is 8.02. The summed E-state index contributed by atoms with van der Waals surface area (Å²) in [6.07, 6.45) is 2.02. The molecule has 1 saturated heterocycles. The molecular weight excluding hydrogens is 238 g/mol. The van der Waals surface area contributed by atoms with Crippen molar-refractivity contribution in [3.63, 3.8) is 0 Å². The number of hydrogen-bond donors (Lipinski definition) is 0. The van der Waals surface area contributed by atoms with Crippen molar-refractivity contribution in [2.75, 3.05) is 33.2 Å². The minimum absolute atomic E-state index is 0.149. The molecule has 4 heteroatoms. The molecule has 1 aromatic heterocycles. The molecule has 1 aliphatic heterocycles. The maximum atomic E-state index is 12.5. The van der Waals surface area contributed by atoms with Crippen LogP contribution in [0.15, 0.2) is 30.5 Å². The van der Waals surface area contributed by atoms with Gasteiger partial charge in [0, 0.05) is 50.5 Å². The van der Waals surface area contributed by atoms with Gasteiger partial charge in [-0.25, -0.2) is 0 Å². The highest BCUT2D eigenvalue weighted by atomic mass is 16.2. The van der Waals surface area contributed by atoms with E-state index in [1.54, 1.807) is 0 Å². The van der Waals surface area contributed by atoms with Crippen LogP contribution in [0.5, 0.6) is 0 Å². The van der Waals surface area contributed by atoms with Crippen LogP contribution in [0, 0.1) is 0 Å². The van der Waals surface area contributed by atoms with E-state index < -0.39 is 0 Å². The lowest BCUT2D eigenvalue weighted by atomic mass is 10.1. The van der Waals surface area contributed by atoms with Crippen LogP contribution in [0.25, 0.3) is 10.9 Å². The first-order chi connectivity index (χ1) is 9.15. The number of likely N-dealkylation sites (N-methyl/N-ethyl adjacent to an activating group) is 1. The first kappa shape index (κ1) is 12.2. The van der Waals surface area contributed by atoms with Crippen molar-refractivity contribution in [2.24, 2.45) is 7.05 Å². The second kappa shape index (κ2) is 4.70. The number of aryl methyl sites for hydroxylation is 1. The largest absolute Gasteiger partial charge is 0.351 e. The minimum Gasteiger partial charge on any atom is -0.351 e. The lowest BCUT2D eigenvalue weighted by molar-refractivity contribution is 0.0664. The van der Waals surface area contributed by atoms with E-state index in [-0.39, 0.29) is 5.91 Å². The highest BCUT2D eigenvalue weighted by Crippen LogP contribution is 2.18. The lowest BCUT2D eigenvalue weighted by Gasteiger charge is -2.32. The van der Waals surface area contributed by atoms with Crippen LogP contribution in [0.2, 0.25) is 0 Å². The molecule has 1 amide bonds. The molecule has 1 aromatic carbocycles. The maximum absolute atomic E-state index is 12.5. The van der Waals surface area contributed by atoms with Crippen molar-refractivity contribution in [1.82, 2.24) is 14.4 Å². The summed E-state index contributed by atoms with van der Waals surface area (Å²) in [4.78, 5) is 16.7. The van der Waals surface area contributed by atoms with Crippen molar-refractivity contribution < 1.29 is 4.79 Å². The summed E-state index contributed by atoms with van der Waals surface area (Å²) in [5.74, 6) is 0.149. The van der Waals surface area contributed by atoms with Gasteiger partial charge in [0.05, 0.1) is 0 Å². The van der Waals surface area contributed by atoms with Crippen LogP contribution >= 0.6 is 0 Å². The molecule has 1 aliphatic rings. The maximum Gasteiger partial charge on any atom is 0.254 e. The van der Waals surface area contributed by atoms with E-state index in [9.17, 15) is 4.79 Å². The van der Waals surface area contributed by atoms with E-state index in [2.05, 4.69) is 22.6 Å². The van der Waals surface area contributed by atoms with Crippen LogP contribution in [0.3, 0.4) is 0 Å². The van der Waals surface area contributed by atoms with Gasteiger partial charge in [-0.05, 0) is 30.6 Å². The molecule has 1 fully saturated rings. The Morgan fingerprint density at radius 1 is 1.05 bits per heavy atom. The summed E-state index contributed by atoms with van der Waals surface area (Å²) in [7, 11) is 4.10. The number of nitrogens with zero attached hydrogens (tertiary/aromatic N) is 3. The molecule has 0 unspecified atom stereocenters. The molecule has 2 heterocycles. The number of piperazine rings is 1. The zero-order chi connectivity index (χ0) is 13.4. The Labute approximate surface area is 113 Å². The summed E-state index contributed by atoms with van der Waals surface area (Å²) >= 11 is 0. The minimum atomic E-state index is 0.149. The predicted octanol–water partition coefficient (Wildman–Crippen LogP) is 1.57. The van der Waals surface area contributed by atoms with Crippen LogP contribution in [-0.2, 0) is 7.05 Å². The Balaban J connectivity index is 1.87. The number of carbonyl (C=O) groups is 1. The van der Waals surface area contributed by atoms with E-state index in [0.717, 1.165) is 37.3 Å². The van der Waals surface area contributed by atoms with Gasteiger partial charge < -0.3 is 14.4 Å². The molecule has 19 heavy (non-hydrogen) atoms. The standard InChI is InChI=1S/C15H19N3O/c1-16-7-9-18(10-8-16)15(19)13-4-3-12-5-6-17(2)14(12)11-13/h3-6,11H,7-10H2,1-2H3. The normalized spacial score (nSPS) is 17.1. The van der Waals surface area contributed by atoms with E-state index in [4.69, 9.17) is 0 Å². The van der Waals surface area contributed by atoms with E-state index in [0.29, 0.717) is 0 Å². The van der Waals surface area contributed by atoms with Crippen LogP contribution in [0.1, 0.15) is 10.4 Å². The average molecular weight is 257 g/mol. The van der Waals surface area contributed by atoms with Gasteiger partial charge in [-0.15, -0.1) is 0 Å². The third-order valence-electron chi connectivity index (χ3n) is 3.93. The van der Waals surface area contributed by atoms with Gasteiger partial charge in [-0.3, -0.25) is 4.79 Å². The van der Waals surface area contributed by atoms with Gasteiger partial charge in [0.1, 0.15) is 0 Å². The fourth-order valence-corrected chi connectivity index (χ4v) is 2.59. The quantitative estimate of drug-likeness (QED) is 0.776. The Hall–Kier alpha value is -1.81. The van der Waals surface area contributed by atoms with E-state index in [1.807, 2.05) is 36.3 Å². The van der Waals surface area contributed by atoms with Crippen LogP contribution < -0.4 is 0 Å².